The lowest BCUT2D eigenvalue weighted by Crippen LogP contribution is -2.44. The van der Waals surface area contributed by atoms with Gasteiger partial charge in [0.2, 0.25) is 0 Å². The lowest BCUT2D eigenvalue weighted by atomic mass is 9.96. The normalized spacial score (nSPS) is 16.0. The number of guanidine groups is 1. The second kappa shape index (κ2) is 10.9. The molecule has 0 radical (unpaired) electrons. The van der Waals surface area contributed by atoms with Gasteiger partial charge in [-0.25, -0.2) is 4.99 Å². The third-order valence-corrected chi connectivity index (χ3v) is 4.16. The van der Waals surface area contributed by atoms with Gasteiger partial charge in [0, 0.05) is 19.7 Å². The van der Waals surface area contributed by atoms with Crippen molar-refractivity contribution in [3.8, 4) is 5.75 Å². The number of methoxy groups -OCH3 is 1. The number of nitrogens with zero attached hydrogens (tertiary/aromatic N) is 1. The van der Waals surface area contributed by atoms with E-state index in [4.69, 9.17) is 14.5 Å². The molecule has 0 atom stereocenters. The highest BCUT2D eigenvalue weighted by Crippen LogP contribution is 2.17. The van der Waals surface area contributed by atoms with Gasteiger partial charge >= 0.3 is 0 Å². The topological polar surface area (TPSA) is 54.9 Å². The van der Waals surface area contributed by atoms with E-state index in [1.165, 1.54) is 32.1 Å². The van der Waals surface area contributed by atoms with Crippen LogP contribution in [0.2, 0.25) is 0 Å². The molecule has 1 aromatic rings. The fraction of sp³-hybridized carbons (Fsp3) is 0.632. The average molecular weight is 333 g/mol. The fourth-order valence-corrected chi connectivity index (χ4v) is 2.91. The molecule has 0 unspecified atom stereocenters. The Morgan fingerprint density at radius 3 is 2.79 bits per heavy atom. The maximum atomic E-state index is 5.66. The van der Waals surface area contributed by atoms with Crippen LogP contribution in [-0.2, 0) is 11.3 Å². The summed E-state index contributed by atoms with van der Waals surface area (Å²) >= 11 is 0. The number of rotatable bonds is 8. The van der Waals surface area contributed by atoms with E-state index in [0.717, 1.165) is 23.8 Å². The van der Waals surface area contributed by atoms with Crippen LogP contribution in [0.15, 0.2) is 29.3 Å². The summed E-state index contributed by atoms with van der Waals surface area (Å²) in [6, 6.07) is 8.66. The molecule has 1 aliphatic carbocycles. The molecule has 0 aliphatic heterocycles. The van der Waals surface area contributed by atoms with Crippen molar-refractivity contribution in [3.63, 3.8) is 0 Å². The summed E-state index contributed by atoms with van der Waals surface area (Å²) in [4.78, 5) is 4.73. The molecule has 0 bridgehead atoms. The van der Waals surface area contributed by atoms with Gasteiger partial charge in [0.15, 0.2) is 5.96 Å². The predicted octanol–water partition coefficient (Wildman–Crippen LogP) is 3.10. The Bertz CT molecular complexity index is 499. The molecule has 24 heavy (non-hydrogen) atoms. The minimum absolute atomic E-state index is 0.556. The van der Waals surface area contributed by atoms with E-state index in [1.807, 2.05) is 18.2 Å². The summed E-state index contributed by atoms with van der Waals surface area (Å²) in [5, 5.41) is 6.92. The molecule has 0 amide bonds. The molecular weight excluding hydrogens is 302 g/mol. The van der Waals surface area contributed by atoms with Crippen molar-refractivity contribution in [3.05, 3.63) is 29.8 Å². The van der Waals surface area contributed by atoms with Crippen molar-refractivity contribution in [1.29, 1.82) is 0 Å². The first-order valence-corrected chi connectivity index (χ1v) is 9.07. The molecule has 1 aliphatic rings. The van der Waals surface area contributed by atoms with Crippen molar-refractivity contribution in [1.82, 2.24) is 10.6 Å². The molecule has 5 heteroatoms. The van der Waals surface area contributed by atoms with E-state index in [2.05, 4.69) is 23.6 Å². The van der Waals surface area contributed by atoms with Crippen molar-refractivity contribution >= 4 is 5.96 Å². The van der Waals surface area contributed by atoms with Crippen LogP contribution < -0.4 is 15.4 Å². The van der Waals surface area contributed by atoms with Crippen LogP contribution in [0, 0.1) is 0 Å². The Hall–Kier alpha value is -1.75. The number of ether oxygens (including phenoxy) is 2. The Kier molecular flexibility index (Phi) is 8.46. The van der Waals surface area contributed by atoms with Crippen LogP contribution in [0.1, 0.15) is 44.6 Å². The van der Waals surface area contributed by atoms with E-state index in [-0.39, 0.29) is 0 Å². The van der Waals surface area contributed by atoms with Gasteiger partial charge < -0.3 is 20.1 Å². The van der Waals surface area contributed by atoms with Crippen LogP contribution in [0.3, 0.4) is 0 Å². The van der Waals surface area contributed by atoms with Crippen LogP contribution >= 0.6 is 0 Å². The summed E-state index contributed by atoms with van der Waals surface area (Å²) in [5.74, 6) is 1.78. The lowest BCUT2D eigenvalue weighted by Gasteiger charge is -2.24. The monoisotopic (exact) mass is 333 g/mol. The molecule has 0 spiro atoms. The van der Waals surface area contributed by atoms with E-state index in [9.17, 15) is 0 Å². The first-order valence-electron chi connectivity index (χ1n) is 9.07. The zero-order valence-electron chi connectivity index (χ0n) is 15.0. The molecule has 1 fully saturated rings. The molecular formula is C19H31N3O2. The van der Waals surface area contributed by atoms with Gasteiger partial charge in [-0.2, -0.15) is 0 Å². The maximum absolute atomic E-state index is 5.66. The highest BCUT2D eigenvalue weighted by Gasteiger charge is 2.14. The van der Waals surface area contributed by atoms with Gasteiger partial charge in [-0.1, -0.05) is 31.4 Å². The van der Waals surface area contributed by atoms with E-state index < -0.39 is 0 Å². The molecule has 134 valence electrons. The third kappa shape index (κ3) is 6.79. The van der Waals surface area contributed by atoms with Gasteiger partial charge in [-0.05, 0) is 37.5 Å². The molecule has 5 nitrogen and oxygen atoms in total. The molecule has 1 saturated carbocycles. The van der Waals surface area contributed by atoms with Gasteiger partial charge in [0.1, 0.15) is 12.4 Å². The van der Waals surface area contributed by atoms with E-state index in [1.54, 1.807) is 7.11 Å². The van der Waals surface area contributed by atoms with Crippen molar-refractivity contribution < 1.29 is 9.47 Å². The second-order valence-corrected chi connectivity index (χ2v) is 6.16. The Morgan fingerprint density at radius 2 is 2.04 bits per heavy atom. The number of hydrogen-bond acceptors (Lipinski definition) is 3. The van der Waals surface area contributed by atoms with Crippen LogP contribution in [0.4, 0.5) is 0 Å². The van der Waals surface area contributed by atoms with Crippen LogP contribution in [-0.4, -0.2) is 38.9 Å². The summed E-state index contributed by atoms with van der Waals surface area (Å²) in [5.41, 5.74) is 1.14. The van der Waals surface area contributed by atoms with E-state index >= 15 is 0 Å². The maximum Gasteiger partial charge on any atom is 0.191 e. The number of nitrogens with one attached hydrogen (secondary N) is 2. The summed E-state index contributed by atoms with van der Waals surface area (Å²) < 4.78 is 10.7. The van der Waals surface area contributed by atoms with Crippen molar-refractivity contribution in [2.45, 2.75) is 51.6 Å². The first kappa shape index (κ1) is 18.6. The minimum atomic E-state index is 0.556. The first-order chi connectivity index (χ1) is 11.8. The fourth-order valence-electron chi connectivity index (χ4n) is 2.91. The molecule has 1 aromatic carbocycles. The lowest BCUT2D eigenvalue weighted by molar-refractivity contribution is 0.146. The highest BCUT2D eigenvalue weighted by molar-refractivity contribution is 5.80. The summed E-state index contributed by atoms with van der Waals surface area (Å²) in [6.45, 7) is 4.78. The van der Waals surface area contributed by atoms with Crippen LogP contribution in [0.25, 0.3) is 0 Å². The summed E-state index contributed by atoms with van der Waals surface area (Å²) in [7, 11) is 1.68. The third-order valence-electron chi connectivity index (χ3n) is 4.16. The number of benzene rings is 1. The zero-order chi connectivity index (χ0) is 17.0. The minimum Gasteiger partial charge on any atom is -0.491 e. The molecule has 2 N–H and O–H groups in total. The Labute approximate surface area is 145 Å². The van der Waals surface area contributed by atoms with Gasteiger partial charge in [0.05, 0.1) is 13.2 Å². The Morgan fingerprint density at radius 1 is 1.21 bits per heavy atom. The summed E-state index contributed by atoms with van der Waals surface area (Å²) in [6.07, 6.45) is 6.48. The van der Waals surface area contributed by atoms with E-state index in [0.29, 0.717) is 25.8 Å². The second-order valence-electron chi connectivity index (χ2n) is 6.16. The van der Waals surface area contributed by atoms with Crippen molar-refractivity contribution in [2.75, 3.05) is 26.9 Å². The van der Waals surface area contributed by atoms with Crippen LogP contribution in [0.5, 0.6) is 5.75 Å². The smallest absolute Gasteiger partial charge is 0.191 e. The van der Waals surface area contributed by atoms with Gasteiger partial charge in [-0.3, -0.25) is 0 Å². The Balaban J connectivity index is 1.90. The predicted molar refractivity (Wildman–Crippen MR) is 98.6 cm³/mol. The highest BCUT2D eigenvalue weighted by atomic mass is 16.5. The molecule has 0 saturated heterocycles. The quantitative estimate of drug-likeness (QED) is 0.436. The van der Waals surface area contributed by atoms with Crippen molar-refractivity contribution in [2.24, 2.45) is 4.99 Å². The SMILES string of the molecule is CCNC(=NCc1cccc(OCCOC)c1)NC1CCCCC1. The van der Waals surface area contributed by atoms with Gasteiger partial charge in [0.25, 0.3) is 0 Å². The van der Waals surface area contributed by atoms with Gasteiger partial charge in [-0.15, -0.1) is 0 Å². The zero-order valence-corrected chi connectivity index (χ0v) is 15.0. The number of hydrogen-bond donors (Lipinski definition) is 2. The molecule has 0 heterocycles. The standard InChI is InChI=1S/C19H31N3O2/c1-3-20-19(22-17-9-5-4-6-10-17)21-15-16-8-7-11-18(14-16)24-13-12-23-2/h7-8,11,14,17H,3-6,9-10,12-13,15H2,1-2H3,(H2,20,21,22). The number of aliphatic imine (C=N–C) groups is 1. The molecule has 2 rings (SSSR count). The largest absolute Gasteiger partial charge is 0.491 e. The molecule has 0 aromatic heterocycles. The average Bonchev–Trinajstić information content (AvgIpc) is 2.61.